The summed E-state index contributed by atoms with van der Waals surface area (Å²) in [5.41, 5.74) is 0.781. The van der Waals surface area contributed by atoms with E-state index in [0.717, 1.165) is 5.56 Å². The van der Waals surface area contributed by atoms with E-state index in [1.807, 2.05) is 0 Å². The van der Waals surface area contributed by atoms with Crippen LogP contribution >= 0.6 is 11.6 Å². The van der Waals surface area contributed by atoms with Crippen molar-refractivity contribution in [3.8, 4) is 0 Å². The smallest absolute Gasteiger partial charge is 0.325 e. The van der Waals surface area contributed by atoms with Crippen molar-refractivity contribution in [2.75, 3.05) is 0 Å². The molecular formula is C10H8ClFO2. The fourth-order valence-electron chi connectivity index (χ4n) is 1.55. The first-order valence-corrected chi connectivity index (χ1v) is 4.59. The summed E-state index contributed by atoms with van der Waals surface area (Å²) in [7, 11) is 0. The monoisotopic (exact) mass is 214 g/mol. The molecule has 14 heavy (non-hydrogen) atoms. The van der Waals surface area contributed by atoms with Crippen LogP contribution in [0.15, 0.2) is 24.3 Å². The van der Waals surface area contributed by atoms with Crippen molar-refractivity contribution in [1.29, 1.82) is 0 Å². The van der Waals surface area contributed by atoms with E-state index in [2.05, 4.69) is 0 Å². The average molecular weight is 215 g/mol. The Morgan fingerprint density at radius 3 is 2.50 bits per heavy atom. The van der Waals surface area contributed by atoms with Crippen LogP contribution in [0, 0.1) is 5.82 Å². The Balaban J connectivity index is 2.21. The maximum atomic E-state index is 12.6. The van der Waals surface area contributed by atoms with Gasteiger partial charge in [0.2, 0.25) is 0 Å². The second-order valence-electron chi connectivity index (χ2n) is 3.48. The number of hydrogen-bond donors (Lipinski definition) is 1. The van der Waals surface area contributed by atoms with Crippen LogP contribution in [0.4, 0.5) is 4.39 Å². The van der Waals surface area contributed by atoms with Gasteiger partial charge in [-0.25, -0.2) is 4.39 Å². The molecule has 0 aromatic heterocycles. The minimum Gasteiger partial charge on any atom is -0.480 e. The number of benzene rings is 1. The first-order valence-electron chi connectivity index (χ1n) is 4.22. The molecule has 2 unspecified atom stereocenters. The molecule has 74 valence electrons. The molecule has 2 atom stereocenters. The van der Waals surface area contributed by atoms with Gasteiger partial charge < -0.3 is 5.11 Å². The third-order valence-corrected chi connectivity index (χ3v) is 3.10. The van der Waals surface area contributed by atoms with Gasteiger partial charge in [0.25, 0.3) is 0 Å². The Morgan fingerprint density at radius 1 is 1.50 bits per heavy atom. The van der Waals surface area contributed by atoms with Gasteiger partial charge in [-0.2, -0.15) is 0 Å². The molecule has 0 bridgehead atoms. The number of rotatable bonds is 2. The molecule has 1 fully saturated rings. The van der Waals surface area contributed by atoms with Crippen molar-refractivity contribution in [2.45, 2.75) is 17.2 Å². The van der Waals surface area contributed by atoms with Crippen LogP contribution < -0.4 is 0 Å². The quantitative estimate of drug-likeness (QED) is 0.768. The lowest BCUT2D eigenvalue weighted by Crippen LogP contribution is -2.16. The molecular weight excluding hydrogens is 207 g/mol. The van der Waals surface area contributed by atoms with Gasteiger partial charge in [0.05, 0.1) is 0 Å². The third kappa shape index (κ3) is 1.38. The molecule has 1 aliphatic carbocycles. The van der Waals surface area contributed by atoms with Gasteiger partial charge in [-0.1, -0.05) is 12.1 Å². The SMILES string of the molecule is O=C(O)C1(Cl)CC1c1ccc(F)cc1. The zero-order valence-electron chi connectivity index (χ0n) is 7.21. The summed E-state index contributed by atoms with van der Waals surface area (Å²) in [5.74, 6) is -1.53. The van der Waals surface area contributed by atoms with E-state index in [0.29, 0.717) is 6.42 Å². The van der Waals surface area contributed by atoms with Crippen LogP contribution in [0.3, 0.4) is 0 Å². The van der Waals surface area contributed by atoms with Crippen molar-refractivity contribution in [1.82, 2.24) is 0 Å². The third-order valence-electron chi connectivity index (χ3n) is 2.52. The highest BCUT2D eigenvalue weighted by atomic mass is 35.5. The largest absolute Gasteiger partial charge is 0.480 e. The Hall–Kier alpha value is -1.09. The molecule has 4 heteroatoms. The molecule has 1 aliphatic rings. The molecule has 1 saturated carbocycles. The van der Waals surface area contributed by atoms with E-state index in [-0.39, 0.29) is 11.7 Å². The predicted molar refractivity (Wildman–Crippen MR) is 50.0 cm³/mol. The maximum Gasteiger partial charge on any atom is 0.325 e. The van der Waals surface area contributed by atoms with Crippen molar-refractivity contribution in [3.05, 3.63) is 35.6 Å². The molecule has 1 N–H and O–H groups in total. The zero-order chi connectivity index (χ0) is 10.3. The fourth-order valence-corrected chi connectivity index (χ4v) is 1.83. The molecule has 0 spiro atoms. The predicted octanol–water partition coefficient (Wildman–Crippen LogP) is 2.38. The number of alkyl halides is 1. The van der Waals surface area contributed by atoms with Crippen LogP contribution in [0.1, 0.15) is 17.9 Å². The van der Waals surface area contributed by atoms with Gasteiger partial charge in [0.15, 0.2) is 0 Å². The Labute approximate surface area is 85.3 Å². The lowest BCUT2D eigenvalue weighted by Gasteiger charge is -2.02. The van der Waals surface area contributed by atoms with Crippen LogP contribution in [-0.2, 0) is 4.79 Å². The van der Waals surface area contributed by atoms with Crippen LogP contribution in [0.2, 0.25) is 0 Å². The van der Waals surface area contributed by atoms with Gasteiger partial charge in [-0.3, -0.25) is 4.79 Å². The second kappa shape index (κ2) is 2.95. The highest BCUT2D eigenvalue weighted by Gasteiger charge is 2.60. The second-order valence-corrected chi connectivity index (χ2v) is 4.15. The van der Waals surface area contributed by atoms with Crippen molar-refractivity contribution >= 4 is 17.6 Å². The minimum atomic E-state index is -1.17. The average Bonchev–Trinajstić information content (AvgIpc) is 2.81. The lowest BCUT2D eigenvalue weighted by atomic mass is 10.1. The van der Waals surface area contributed by atoms with E-state index in [4.69, 9.17) is 16.7 Å². The van der Waals surface area contributed by atoms with Gasteiger partial charge >= 0.3 is 5.97 Å². The molecule has 1 aromatic rings. The van der Waals surface area contributed by atoms with Gasteiger partial charge in [-0.05, 0) is 24.1 Å². The summed E-state index contributed by atoms with van der Waals surface area (Å²) in [6.07, 6.45) is 0.412. The standard InChI is InChI=1S/C10H8ClFO2/c11-10(9(13)14)5-8(10)6-1-3-7(12)4-2-6/h1-4,8H,5H2,(H,13,14). The molecule has 2 nitrogen and oxygen atoms in total. The van der Waals surface area contributed by atoms with Crippen molar-refractivity contribution in [2.24, 2.45) is 0 Å². The van der Waals surface area contributed by atoms with Gasteiger partial charge in [-0.15, -0.1) is 11.6 Å². The Bertz CT molecular complexity index is 376. The number of hydrogen-bond acceptors (Lipinski definition) is 1. The summed E-state index contributed by atoms with van der Waals surface area (Å²) in [4.78, 5) is 9.56. The highest BCUT2D eigenvalue weighted by molar-refractivity contribution is 6.37. The van der Waals surface area contributed by atoms with E-state index in [1.165, 1.54) is 12.1 Å². The molecule has 0 amide bonds. The van der Waals surface area contributed by atoms with Crippen molar-refractivity contribution < 1.29 is 14.3 Å². The topological polar surface area (TPSA) is 37.3 Å². The highest BCUT2D eigenvalue weighted by Crippen LogP contribution is 2.56. The summed E-state index contributed by atoms with van der Waals surface area (Å²) < 4.78 is 12.6. The summed E-state index contributed by atoms with van der Waals surface area (Å²) in [5, 5.41) is 8.79. The number of carbonyl (C=O) groups is 1. The zero-order valence-corrected chi connectivity index (χ0v) is 7.96. The first kappa shape index (κ1) is 9.46. The van der Waals surface area contributed by atoms with E-state index in [9.17, 15) is 9.18 Å². The number of carboxylic acids is 1. The number of carboxylic acid groups (broad SMARTS) is 1. The maximum absolute atomic E-state index is 12.6. The van der Waals surface area contributed by atoms with E-state index < -0.39 is 10.8 Å². The fraction of sp³-hybridized carbons (Fsp3) is 0.300. The van der Waals surface area contributed by atoms with Gasteiger partial charge in [0.1, 0.15) is 10.7 Å². The molecule has 0 radical (unpaired) electrons. The van der Waals surface area contributed by atoms with E-state index in [1.54, 1.807) is 12.1 Å². The van der Waals surface area contributed by atoms with Gasteiger partial charge in [0, 0.05) is 5.92 Å². The number of halogens is 2. The molecule has 0 aliphatic heterocycles. The normalized spacial score (nSPS) is 30.0. The van der Waals surface area contributed by atoms with Crippen LogP contribution in [0.5, 0.6) is 0 Å². The van der Waals surface area contributed by atoms with Crippen molar-refractivity contribution in [3.63, 3.8) is 0 Å². The molecule has 1 aromatic carbocycles. The Kier molecular flexibility index (Phi) is 2.00. The summed E-state index contributed by atoms with van der Waals surface area (Å²) in [6.45, 7) is 0. The summed E-state index contributed by atoms with van der Waals surface area (Å²) in [6, 6.07) is 5.78. The minimum absolute atomic E-state index is 0.192. The molecule has 0 heterocycles. The summed E-state index contributed by atoms with van der Waals surface area (Å²) >= 11 is 5.83. The molecule has 2 rings (SSSR count). The van der Waals surface area contributed by atoms with E-state index >= 15 is 0 Å². The number of aliphatic carboxylic acids is 1. The first-order chi connectivity index (χ1) is 6.54. The van der Waals surface area contributed by atoms with Crippen LogP contribution in [0.25, 0.3) is 0 Å². The molecule has 0 saturated heterocycles. The lowest BCUT2D eigenvalue weighted by molar-refractivity contribution is -0.137. The van der Waals surface area contributed by atoms with Crippen LogP contribution in [-0.4, -0.2) is 16.0 Å². The Morgan fingerprint density at radius 2 is 2.07 bits per heavy atom.